The maximum absolute atomic E-state index is 12.3. The first-order valence-electron chi connectivity index (χ1n) is 11.7. The summed E-state index contributed by atoms with van der Waals surface area (Å²) in [6, 6.07) is 19.3. The molecule has 0 unspecified atom stereocenters. The maximum atomic E-state index is 12.3. The summed E-state index contributed by atoms with van der Waals surface area (Å²) in [5.74, 6) is -0.494. The lowest BCUT2D eigenvalue weighted by atomic mass is 10.1. The Balaban J connectivity index is 0.00000380. The molecule has 192 valence electrons. The van der Waals surface area contributed by atoms with Crippen molar-refractivity contribution in [2.45, 2.75) is 25.7 Å². The highest BCUT2D eigenvalue weighted by atomic mass is 35.5. The fourth-order valence-electron chi connectivity index (χ4n) is 4.12. The van der Waals surface area contributed by atoms with E-state index in [0.29, 0.717) is 6.54 Å². The Labute approximate surface area is 218 Å². The number of hydrogen-bond donors (Lipinski definition) is 2. The van der Waals surface area contributed by atoms with Crippen LogP contribution in [0.1, 0.15) is 36.0 Å². The summed E-state index contributed by atoms with van der Waals surface area (Å²) in [5, 5.41) is 30.5. The van der Waals surface area contributed by atoms with Gasteiger partial charge in [-0.1, -0.05) is 49.2 Å². The maximum Gasteiger partial charge on any atom is 0.346 e. The molecule has 11 heteroatoms. The van der Waals surface area contributed by atoms with Gasteiger partial charge in [0.2, 0.25) is 0 Å². The number of amides is 1. The van der Waals surface area contributed by atoms with Gasteiger partial charge in [0.05, 0.1) is 26.6 Å². The number of rotatable bonds is 11. The summed E-state index contributed by atoms with van der Waals surface area (Å²) in [6.07, 6.45) is 3.57. The SMILES string of the molecule is Cl.O=C(NCCCCCCNc1c2ccccc2nc2ccccc12)c1ccc([N+](=O)[O-])c([N+](=O)[O-])c1. The Hall–Kier alpha value is -4.31. The van der Waals surface area contributed by atoms with Gasteiger partial charge in [-0.3, -0.25) is 25.0 Å². The van der Waals surface area contributed by atoms with E-state index in [9.17, 15) is 25.0 Å². The zero-order valence-electron chi connectivity index (χ0n) is 19.9. The molecule has 0 spiro atoms. The van der Waals surface area contributed by atoms with Gasteiger partial charge in [0.15, 0.2) is 0 Å². The van der Waals surface area contributed by atoms with Crippen LogP contribution in [0.3, 0.4) is 0 Å². The normalized spacial score (nSPS) is 10.6. The van der Waals surface area contributed by atoms with Gasteiger partial charge in [-0.25, -0.2) is 4.98 Å². The van der Waals surface area contributed by atoms with Crippen molar-refractivity contribution in [3.8, 4) is 0 Å². The number of nitro groups is 2. The van der Waals surface area contributed by atoms with Gasteiger partial charge in [-0.15, -0.1) is 12.4 Å². The quantitative estimate of drug-likeness (QED) is 0.106. The number of unbranched alkanes of at least 4 members (excludes halogenated alkanes) is 3. The van der Waals surface area contributed by atoms with Crippen molar-refractivity contribution in [1.82, 2.24) is 10.3 Å². The first-order chi connectivity index (χ1) is 17.5. The zero-order chi connectivity index (χ0) is 25.5. The van der Waals surface area contributed by atoms with E-state index >= 15 is 0 Å². The predicted molar refractivity (Wildman–Crippen MR) is 146 cm³/mol. The minimum atomic E-state index is -0.861. The molecule has 0 bridgehead atoms. The number of aromatic nitrogens is 1. The molecule has 0 radical (unpaired) electrons. The highest BCUT2D eigenvalue weighted by molar-refractivity contribution is 6.07. The van der Waals surface area contributed by atoms with Crippen LogP contribution in [-0.4, -0.2) is 33.8 Å². The van der Waals surface area contributed by atoms with E-state index in [-0.39, 0.29) is 18.0 Å². The van der Waals surface area contributed by atoms with Crippen LogP contribution < -0.4 is 10.6 Å². The Morgan fingerprint density at radius 2 is 1.32 bits per heavy atom. The van der Waals surface area contributed by atoms with Gasteiger partial charge in [-0.05, 0) is 31.0 Å². The predicted octanol–water partition coefficient (Wildman–Crippen LogP) is 6.03. The van der Waals surface area contributed by atoms with Crippen LogP contribution in [0.25, 0.3) is 21.8 Å². The van der Waals surface area contributed by atoms with Crippen LogP contribution >= 0.6 is 12.4 Å². The third-order valence-electron chi connectivity index (χ3n) is 5.91. The molecule has 4 aromatic rings. The first kappa shape index (κ1) is 27.3. The number of fused-ring (bicyclic) bond motifs is 2. The second-order valence-corrected chi connectivity index (χ2v) is 8.34. The molecule has 3 aromatic carbocycles. The molecule has 37 heavy (non-hydrogen) atoms. The van der Waals surface area contributed by atoms with Crippen molar-refractivity contribution in [3.63, 3.8) is 0 Å². The van der Waals surface area contributed by atoms with E-state index in [0.717, 1.165) is 71.9 Å². The molecule has 0 saturated heterocycles. The first-order valence-corrected chi connectivity index (χ1v) is 11.7. The number of nitrogens with one attached hydrogen (secondary N) is 2. The molecular formula is C26H26ClN5O5. The minimum absolute atomic E-state index is 0. The molecule has 0 atom stereocenters. The molecule has 0 aliphatic rings. The van der Waals surface area contributed by atoms with Crippen molar-refractivity contribution in [2.75, 3.05) is 18.4 Å². The van der Waals surface area contributed by atoms with Crippen LogP contribution in [0.2, 0.25) is 0 Å². The average molecular weight is 524 g/mol. The van der Waals surface area contributed by atoms with Crippen molar-refractivity contribution in [2.24, 2.45) is 0 Å². The van der Waals surface area contributed by atoms with Gasteiger partial charge in [0.1, 0.15) is 0 Å². The molecule has 1 aromatic heterocycles. The third kappa shape index (κ3) is 6.47. The van der Waals surface area contributed by atoms with Crippen LogP contribution in [-0.2, 0) is 0 Å². The summed E-state index contributed by atoms with van der Waals surface area (Å²) in [7, 11) is 0. The van der Waals surface area contributed by atoms with Crippen LogP contribution in [0, 0.1) is 20.2 Å². The van der Waals surface area contributed by atoms with Gasteiger partial charge in [0, 0.05) is 41.6 Å². The molecule has 4 rings (SSSR count). The summed E-state index contributed by atoms with van der Waals surface area (Å²) >= 11 is 0. The summed E-state index contributed by atoms with van der Waals surface area (Å²) in [6.45, 7) is 1.22. The highest BCUT2D eigenvalue weighted by Gasteiger charge is 2.25. The number of pyridine rings is 1. The molecule has 0 aliphatic carbocycles. The number of carbonyl (C=O) groups excluding carboxylic acids is 1. The number of para-hydroxylation sites is 2. The van der Waals surface area contributed by atoms with Crippen molar-refractivity contribution in [1.29, 1.82) is 0 Å². The van der Waals surface area contributed by atoms with Crippen LogP contribution in [0.5, 0.6) is 0 Å². The topological polar surface area (TPSA) is 140 Å². The van der Waals surface area contributed by atoms with E-state index in [2.05, 4.69) is 22.8 Å². The summed E-state index contributed by atoms with van der Waals surface area (Å²) in [4.78, 5) is 37.3. The van der Waals surface area contributed by atoms with E-state index in [1.807, 2.05) is 36.4 Å². The number of nitrogens with zero attached hydrogens (tertiary/aromatic N) is 3. The van der Waals surface area contributed by atoms with Crippen molar-refractivity contribution >= 4 is 57.2 Å². The van der Waals surface area contributed by atoms with Crippen molar-refractivity contribution in [3.05, 3.63) is 92.5 Å². The zero-order valence-corrected chi connectivity index (χ0v) is 20.7. The monoisotopic (exact) mass is 523 g/mol. The van der Waals surface area contributed by atoms with E-state index in [4.69, 9.17) is 4.98 Å². The molecule has 1 heterocycles. The number of hydrogen-bond acceptors (Lipinski definition) is 7. The molecule has 0 saturated carbocycles. The van der Waals surface area contributed by atoms with E-state index in [1.165, 1.54) is 6.07 Å². The van der Waals surface area contributed by atoms with E-state index in [1.54, 1.807) is 0 Å². The number of halogens is 1. The Morgan fingerprint density at radius 1 is 0.757 bits per heavy atom. The van der Waals surface area contributed by atoms with Crippen molar-refractivity contribution < 1.29 is 14.6 Å². The molecule has 1 amide bonds. The third-order valence-corrected chi connectivity index (χ3v) is 5.91. The molecule has 0 fully saturated rings. The second kappa shape index (κ2) is 12.6. The van der Waals surface area contributed by atoms with Gasteiger partial charge in [0.25, 0.3) is 5.91 Å². The Bertz CT molecular complexity index is 1390. The summed E-state index contributed by atoms with van der Waals surface area (Å²) < 4.78 is 0. The second-order valence-electron chi connectivity index (χ2n) is 8.34. The Morgan fingerprint density at radius 3 is 1.92 bits per heavy atom. The summed E-state index contributed by atoms with van der Waals surface area (Å²) in [5.41, 5.74) is 1.67. The van der Waals surface area contributed by atoms with E-state index < -0.39 is 27.1 Å². The number of nitro benzene ring substituents is 2. The molecule has 2 N–H and O–H groups in total. The van der Waals surface area contributed by atoms with Crippen LogP contribution in [0.15, 0.2) is 66.7 Å². The van der Waals surface area contributed by atoms with Crippen LogP contribution in [0.4, 0.5) is 17.1 Å². The number of carbonyl (C=O) groups is 1. The number of benzene rings is 3. The van der Waals surface area contributed by atoms with Gasteiger partial charge < -0.3 is 10.6 Å². The molecule has 10 nitrogen and oxygen atoms in total. The Kier molecular flexibility index (Phi) is 9.28. The standard InChI is InChI=1S/C26H25N5O5.ClH/c32-26(18-13-14-23(30(33)34)24(17-18)31(35)36)28-16-8-2-1-7-15-27-25-19-9-3-5-11-21(19)29-22-12-6-4-10-20(22)25;/h3-6,9-14,17H,1-2,7-8,15-16H2,(H,27,29)(H,28,32);1H. The lowest BCUT2D eigenvalue weighted by Crippen LogP contribution is -2.24. The lowest BCUT2D eigenvalue weighted by Gasteiger charge is -2.13. The highest BCUT2D eigenvalue weighted by Crippen LogP contribution is 2.30. The fraction of sp³-hybridized carbons (Fsp3) is 0.231. The average Bonchev–Trinajstić information content (AvgIpc) is 2.88. The van der Waals surface area contributed by atoms with Gasteiger partial charge in [-0.2, -0.15) is 0 Å². The smallest absolute Gasteiger partial charge is 0.346 e. The molecular weight excluding hydrogens is 498 g/mol. The largest absolute Gasteiger partial charge is 0.384 e. The lowest BCUT2D eigenvalue weighted by molar-refractivity contribution is -0.422. The fourth-order valence-corrected chi connectivity index (χ4v) is 4.12. The minimum Gasteiger partial charge on any atom is -0.384 e. The number of anilines is 1. The molecule has 0 aliphatic heterocycles. The van der Waals surface area contributed by atoms with Gasteiger partial charge >= 0.3 is 11.4 Å².